The Morgan fingerprint density at radius 3 is 2.75 bits per heavy atom. The number of rotatable bonds is 5. The predicted molar refractivity (Wildman–Crippen MR) is 73.7 cm³/mol. The molecular formula is C13H17NO5S. The lowest BCUT2D eigenvalue weighted by Gasteiger charge is -2.26. The van der Waals surface area contributed by atoms with Crippen molar-refractivity contribution in [1.82, 2.24) is 5.32 Å². The summed E-state index contributed by atoms with van der Waals surface area (Å²) in [6, 6.07) is 7.31. The Labute approximate surface area is 118 Å². The second-order valence-electron chi connectivity index (χ2n) is 4.68. The highest BCUT2D eigenvalue weighted by atomic mass is 32.2. The summed E-state index contributed by atoms with van der Waals surface area (Å²) in [7, 11) is -3.12. The van der Waals surface area contributed by atoms with E-state index in [2.05, 4.69) is 5.32 Å². The molecule has 20 heavy (non-hydrogen) atoms. The van der Waals surface area contributed by atoms with Gasteiger partial charge in [0.1, 0.15) is 22.5 Å². The molecule has 1 aromatic rings. The third-order valence-electron chi connectivity index (χ3n) is 2.79. The van der Waals surface area contributed by atoms with Crippen molar-refractivity contribution in [2.45, 2.75) is 12.5 Å². The van der Waals surface area contributed by atoms with E-state index >= 15 is 0 Å². The van der Waals surface area contributed by atoms with Crippen LogP contribution in [-0.4, -0.2) is 45.6 Å². The molecule has 0 saturated carbocycles. The summed E-state index contributed by atoms with van der Waals surface area (Å²) >= 11 is 0. The number of para-hydroxylation sites is 2. The lowest BCUT2D eigenvalue weighted by atomic mass is 10.2. The van der Waals surface area contributed by atoms with E-state index < -0.39 is 9.84 Å². The van der Waals surface area contributed by atoms with Crippen LogP contribution in [0.25, 0.3) is 0 Å². The number of fused-ring (bicyclic) bond motifs is 1. The van der Waals surface area contributed by atoms with Gasteiger partial charge in [0.05, 0.1) is 12.3 Å². The van der Waals surface area contributed by atoms with Crippen LogP contribution < -0.4 is 14.8 Å². The van der Waals surface area contributed by atoms with Crippen LogP contribution in [0, 0.1) is 0 Å². The van der Waals surface area contributed by atoms with Crippen molar-refractivity contribution in [1.29, 1.82) is 0 Å². The zero-order valence-electron chi connectivity index (χ0n) is 11.2. The van der Waals surface area contributed by atoms with E-state index in [0.717, 1.165) is 6.26 Å². The van der Waals surface area contributed by atoms with E-state index in [0.29, 0.717) is 18.1 Å². The minimum absolute atomic E-state index is 0.0387. The Morgan fingerprint density at radius 2 is 2.05 bits per heavy atom. The van der Waals surface area contributed by atoms with Gasteiger partial charge in [0.25, 0.3) is 0 Å². The molecular weight excluding hydrogens is 282 g/mol. The highest BCUT2D eigenvalue weighted by Crippen LogP contribution is 2.30. The smallest absolute Gasteiger partial charge is 0.221 e. The summed E-state index contributed by atoms with van der Waals surface area (Å²) in [4.78, 5) is 11.5. The number of carbonyl (C=O) groups excluding carboxylic acids is 1. The van der Waals surface area contributed by atoms with Gasteiger partial charge in [-0.25, -0.2) is 8.42 Å². The quantitative estimate of drug-likeness (QED) is 0.850. The first-order chi connectivity index (χ1) is 9.44. The summed E-state index contributed by atoms with van der Waals surface area (Å²) in [6.07, 6.45) is 0.797. The van der Waals surface area contributed by atoms with Crippen molar-refractivity contribution in [2.24, 2.45) is 0 Å². The molecule has 2 rings (SSSR count). The number of carbonyl (C=O) groups is 1. The highest BCUT2D eigenvalue weighted by molar-refractivity contribution is 7.90. The van der Waals surface area contributed by atoms with Crippen molar-refractivity contribution in [3.63, 3.8) is 0 Å². The SMILES string of the molecule is CS(=O)(=O)CCC(=O)NCC1COc2ccccc2O1. The molecule has 1 aromatic carbocycles. The maximum absolute atomic E-state index is 11.5. The highest BCUT2D eigenvalue weighted by Gasteiger charge is 2.21. The van der Waals surface area contributed by atoms with Crippen LogP contribution in [0.2, 0.25) is 0 Å². The summed E-state index contributed by atoms with van der Waals surface area (Å²) in [5.74, 6) is 0.878. The van der Waals surface area contributed by atoms with Crippen LogP contribution in [0.15, 0.2) is 24.3 Å². The number of nitrogens with one attached hydrogen (secondary N) is 1. The van der Waals surface area contributed by atoms with Gasteiger partial charge in [-0.15, -0.1) is 0 Å². The van der Waals surface area contributed by atoms with Crippen LogP contribution in [-0.2, 0) is 14.6 Å². The summed E-state index contributed by atoms with van der Waals surface area (Å²) in [5.41, 5.74) is 0. The second-order valence-corrected chi connectivity index (χ2v) is 6.94. The molecule has 0 aromatic heterocycles. The van der Waals surface area contributed by atoms with Crippen molar-refractivity contribution >= 4 is 15.7 Å². The largest absolute Gasteiger partial charge is 0.486 e. The molecule has 0 fully saturated rings. The third kappa shape index (κ3) is 4.41. The number of hydrogen-bond acceptors (Lipinski definition) is 5. The molecule has 1 atom stereocenters. The van der Waals surface area contributed by atoms with Crippen molar-refractivity contribution in [3.05, 3.63) is 24.3 Å². The van der Waals surface area contributed by atoms with Crippen LogP contribution >= 0.6 is 0 Å². The topological polar surface area (TPSA) is 81.7 Å². The molecule has 0 bridgehead atoms. The zero-order valence-corrected chi connectivity index (χ0v) is 12.0. The molecule has 1 N–H and O–H groups in total. The number of benzene rings is 1. The van der Waals surface area contributed by atoms with Crippen LogP contribution in [0.4, 0.5) is 0 Å². The van der Waals surface area contributed by atoms with Gasteiger partial charge >= 0.3 is 0 Å². The Bertz CT molecular complexity index is 584. The maximum atomic E-state index is 11.5. The second kappa shape index (κ2) is 6.13. The standard InChI is InChI=1S/C13H17NO5S/c1-20(16,17)7-6-13(15)14-8-10-9-18-11-4-2-3-5-12(11)19-10/h2-5,10H,6-9H2,1H3,(H,14,15). The van der Waals surface area contributed by atoms with Gasteiger partial charge < -0.3 is 14.8 Å². The van der Waals surface area contributed by atoms with E-state index in [4.69, 9.17) is 9.47 Å². The van der Waals surface area contributed by atoms with Crippen molar-refractivity contribution < 1.29 is 22.7 Å². The minimum Gasteiger partial charge on any atom is -0.486 e. The molecule has 0 spiro atoms. The Hall–Kier alpha value is -1.76. The molecule has 110 valence electrons. The van der Waals surface area contributed by atoms with E-state index in [1.165, 1.54) is 0 Å². The summed E-state index contributed by atoms with van der Waals surface area (Å²) < 4.78 is 33.1. The summed E-state index contributed by atoms with van der Waals surface area (Å²) in [5, 5.41) is 2.65. The van der Waals surface area contributed by atoms with Gasteiger partial charge in [0.15, 0.2) is 11.5 Å². The fourth-order valence-corrected chi connectivity index (χ4v) is 2.31. The molecule has 7 heteroatoms. The first kappa shape index (κ1) is 14.6. The number of ether oxygens (including phenoxy) is 2. The van der Waals surface area contributed by atoms with Gasteiger partial charge in [0, 0.05) is 12.7 Å². The first-order valence-corrected chi connectivity index (χ1v) is 8.33. The third-order valence-corrected chi connectivity index (χ3v) is 3.74. The van der Waals surface area contributed by atoms with Gasteiger partial charge in [-0.1, -0.05) is 12.1 Å². The van der Waals surface area contributed by atoms with Gasteiger partial charge in [-0.2, -0.15) is 0 Å². The molecule has 1 heterocycles. The van der Waals surface area contributed by atoms with E-state index in [9.17, 15) is 13.2 Å². The lowest BCUT2D eigenvalue weighted by Crippen LogP contribution is -2.41. The molecule has 1 amide bonds. The fourth-order valence-electron chi connectivity index (χ4n) is 1.76. The number of hydrogen-bond donors (Lipinski definition) is 1. The molecule has 1 aliphatic rings. The van der Waals surface area contributed by atoms with Crippen LogP contribution in [0.1, 0.15) is 6.42 Å². The van der Waals surface area contributed by atoms with Crippen LogP contribution in [0.5, 0.6) is 11.5 Å². The lowest BCUT2D eigenvalue weighted by molar-refractivity contribution is -0.121. The molecule has 6 nitrogen and oxygen atoms in total. The normalized spacial score (nSPS) is 17.6. The predicted octanol–water partition coefficient (Wildman–Crippen LogP) is 0.377. The zero-order chi connectivity index (χ0) is 14.6. The van der Waals surface area contributed by atoms with Gasteiger partial charge in [-0.3, -0.25) is 4.79 Å². The maximum Gasteiger partial charge on any atom is 0.221 e. The molecule has 0 saturated heterocycles. The molecule has 0 radical (unpaired) electrons. The van der Waals surface area contributed by atoms with Gasteiger partial charge in [-0.05, 0) is 12.1 Å². The average Bonchev–Trinajstić information content (AvgIpc) is 2.42. The Kier molecular flexibility index (Phi) is 4.49. The van der Waals surface area contributed by atoms with Crippen LogP contribution in [0.3, 0.4) is 0 Å². The fraction of sp³-hybridized carbons (Fsp3) is 0.462. The summed E-state index contributed by atoms with van der Waals surface area (Å²) in [6.45, 7) is 0.639. The molecule has 1 unspecified atom stereocenters. The van der Waals surface area contributed by atoms with Crippen molar-refractivity contribution in [2.75, 3.05) is 25.2 Å². The van der Waals surface area contributed by atoms with Crippen molar-refractivity contribution in [3.8, 4) is 11.5 Å². The Morgan fingerprint density at radius 1 is 1.35 bits per heavy atom. The van der Waals surface area contributed by atoms with E-state index in [1.807, 2.05) is 18.2 Å². The number of sulfone groups is 1. The average molecular weight is 299 g/mol. The first-order valence-electron chi connectivity index (χ1n) is 6.27. The van der Waals surface area contributed by atoms with Gasteiger partial charge in [0.2, 0.25) is 5.91 Å². The van der Waals surface area contributed by atoms with E-state index in [1.54, 1.807) is 6.07 Å². The Balaban J connectivity index is 1.77. The minimum atomic E-state index is -3.12. The molecule has 0 aliphatic carbocycles. The van der Waals surface area contributed by atoms with E-state index in [-0.39, 0.29) is 30.7 Å². The monoisotopic (exact) mass is 299 g/mol. The molecule has 1 aliphatic heterocycles. The number of amides is 1.